The molecule has 1 N–H and O–H groups in total. The molecule has 0 aliphatic rings. The summed E-state index contributed by atoms with van der Waals surface area (Å²) in [5.41, 5.74) is 0. The molecule has 0 radical (unpaired) electrons. The van der Waals surface area contributed by atoms with E-state index in [9.17, 15) is 4.79 Å². The highest BCUT2D eigenvalue weighted by Gasteiger charge is 2.04. The second-order valence-electron chi connectivity index (χ2n) is 2.84. The van der Waals surface area contributed by atoms with E-state index in [4.69, 9.17) is 4.74 Å². The van der Waals surface area contributed by atoms with E-state index in [1.807, 2.05) is 6.92 Å². The third-order valence-corrected chi connectivity index (χ3v) is 1.97. The summed E-state index contributed by atoms with van der Waals surface area (Å²) in [6.45, 7) is 2.44. The maximum absolute atomic E-state index is 11.1. The molecule has 1 heterocycles. The highest BCUT2D eigenvalue weighted by Crippen LogP contribution is 2.06. The Hall–Kier alpha value is -1.17. The smallest absolute Gasteiger partial charge is 0.414 e. The fourth-order valence-corrected chi connectivity index (χ4v) is 1.02. The molecule has 0 fully saturated rings. The van der Waals surface area contributed by atoms with Crippen molar-refractivity contribution in [3.8, 4) is 0 Å². The number of anilines is 1. The Labute approximate surface area is 96.4 Å². The highest BCUT2D eigenvalue weighted by atomic mass is 79.9. The lowest BCUT2D eigenvalue weighted by molar-refractivity contribution is 0.159. The van der Waals surface area contributed by atoms with Crippen LogP contribution < -0.4 is 5.32 Å². The molecule has 0 spiro atoms. The molecule has 0 atom stereocenters. The van der Waals surface area contributed by atoms with Crippen LogP contribution in [0.15, 0.2) is 16.9 Å². The van der Waals surface area contributed by atoms with Crippen LogP contribution in [0.3, 0.4) is 0 Å². The number of hydrogen-bond acceptors (Lipinski definition) is 4. The second-order valence-corrected chi connectivity index (χ2v) is 3.76. The highest BCUT2D eigenvalue weighted by molar-refractivity contribution is 9.10. The number of ether oxygens (including phenoxy) is 1. The van der Waals surface area contributed by atoms with Crippen LogP contribution in [0.4, 0.5) is 10.7 Å². The van der Waals surface area contributed by atoms with E-state index in [2.05, 4.69) is 31.2 Å². The average Bonchev–Trinajstić information content (AvgIpc) is 2.22. The molecular weight excluding hydrogens is 262 g/mol. The molecule has 1 aromatic rings. The standard InChI is InChI=1S/C9H12BrN3O2/c1-2-3-4-15-9(14)13-8-11-5-7(10)6-12-8/h5-6H,2-4H2,1H3,(H,11,12,13,14). The van der Waals surface area contributed by atoms with E-state index in [1.54, 1.807) is 12.4 Å². The summed E-state index contributed by atoms with van der Waals surface area (Å²) < 4.78 is 5.63. The van der Waals surface area contributed by atoms with Crippen molar-refractivity contribution < 1.29 is 9.53 Å². The summed E-state index contributed by atoms with van der Waals surface area (Å²) in [5, 5.41) is 2.42. The molecule has 0 saturated heterocycles. The van der Waals surface area contributed by atoms with Crippen molar-refractivity contribution >= 4 is 28.0 Å². The summed E-state index contributed by atoms with van der Waals surface area (Å²) in [4.78, 5) is 18.9. The van der Waals surface area contributed by atoms with E-state index in [1.165, 1.54) is 0 Å². The van der Waals surface area contributed by atoms with Crippen LogP contribution >= 0.6 is 15.9 Å². The van der Waals surface area contributed by atoms with Gasteiger partial charge in [-0.2, -0.15) is 0 Å². The van der Waals surface area contributed by atoms with E-state index >= 15 is 0 Å². The fourth-order valence-electron chi connectivity index (χ4n) is 0.813. The number of rotatable bonds is 4. The van der Waals surface area contributed by atoms with Gasteiger partial charge in [0.25, 0.3) is 0 Å². The van der Waals surface area contributed by atoms with Crippen LogP contribution in [0.25, 0.3) is 0 Å². The van der Waals surface area contributed by atoms with Crippen molar-refractivity contribution in [3.63, 3.8) is 0 Å². The second kappa shape index (κ2) is 6.34. The van der Waals surface area contributed by atoms with Gasteiger partial charge in [-0.25, -0.2) is 14.8 Å². The Kier molecular flexibility index (Phi) is 5.03. The number of hydrogen-bond donors (Lipinski definition) is 1. The molecule has 0 bridgehead atoms. The van der Waals surface area contributed by atoms with Crippen LogP contribution in [0.1, 0.15) is 19.8 Å². The van der Waals surface area contributed by atoms with Crippen molar-refractivity contribution in [1.29, 1.82) is 0 Å². The van der Waals surface area contributed by atoms with Gasteiger partial charge in [-0.05, 0) is 22.4 Å². The Morgan fingerprint density at radius 2 is 2.20 bits per heavy atom. The number of unbranched alkanes of at least 4 members (excludes halogenated alkanes) is 1. The lowest BCUT2D eigenvalue weighted by Gasteiger charge is -2.04. The van der Waals surface area contributed by atoms with Crippen LogP contribution in [0.5, 0.6) is 0 Å². The SMILES string of the molecule is CCCCOC(=O)Nc1ncc(Br)cn1. The lowest BCUT2D eigenvalue weighted by Crippen LogP contribution is -2.16. The number of carbonyl (C=O) groups is 1. The first kappa shape index (κ1) is 11.9. The van der Waals surface area contributed by atoms with Gasteiger partial charge in [0.2, 0.25) is 5.95 Å². The Morgan fingerprint density at radius 1 is 1.53 bits per heavy atom. The van der Waals surface area contributed by atoms with Gasteiger partial charge in [-0.3, -0.25) is 5.32 Å². The quantitative estimate of drug-likeness (QED) is 0.857. The topological polar surface area (TPSA) is 64.1 Å². The van der Waals surface area contributed by atoms with Gasteiger partial charge in [-0.1, -0.05) is 13.3 Å². The van der Waals surface area contributed by atoms with Gasteiger partial charge >= 0.3 is 6.09 Å². The summed E-state index contributed by atoms with van der Waals surface area (Å²) in [7, 11) is 0. The molecule has 6 heteroatoms. The molecule has 82 valence electrons. The summed E-state index contributed by atoms with van der Waals surface area (Å²) in [6, 6.07) is 0. The molecule has 1 rings (SSSR count). The van der Waals surface area contributed by atoms with Crippen LogP contribution in [-0.4, -0.2) is 22.7 Å². The Morgan fingerprint density at radius 3 is 2.80 bits per heavy atom. The van der Waals surface area contributed by atoms with Gasteiger partial charge in [0, 0.05) is 12.4 Å². The van der Waals surface area contributed by atoms with Crippen molar-refractivity contribution in [1.82, 2.24) is 9.97 Å². The molecule has 0 aliphatic carbocycles. The van der Waals surface area contributed by atoms with Crippen LogP contribution in [0, 0.1) is 0 Å². The number of nitrogens with zero attached hydrogens (tertiary/aromatic N) is 2. The Bertz CT molecular complexity index is 316. The minimum Gasteiger partial charge on any atom is -0.449 e. The van der Waals surface area contributed by atoms with Crippen molar-refractivity contribution in [2.75, 3.05) is 11.9 Å². The maximum Gasteiger partial charge on any atom is 0.414 e. The fraction of sp³-hybridized carbons (Fsp3) is 0.444. The van der Waals surface area contributed by atoms with E-state index in [-0.39, 0.29) is 5.95 Å². The van der Waals surface area contributed by atoms with Gasteiger partial charge < -0.3 is 4.74 Å². The van der Waals surface area contributed by atoms with Crippen LogP contribution in [-0.2, 0) is 4.74 Å². The number of nitrogens with one attached hydrogen (secondary N) is 1. The number of halogens is 1. The van der Waals surface area contributed by atoms with E-state index in [0.717, 1.165) is 17.3 Å². The molecule has 0 aromatic carbocycles. The van der Waals surface area contributed by atoms with E-state index in [0.29, 0.717) is 6.61 Å². The summed E-state index contributed by atoms with van der Waals surface area (Å²) in [6.07, 6.45) is 4.42. The molecule has 1 aromatic heterocycles. The normalized spacial score (nSPS) is 9.73. The van der Waals surface area contributed by atoms with Crippen LogP contribution in [0.2, 0.25) is 0 Å². The number of amides is 1. The predicted molar refractivity (Wildman–Crippen MR) is 59.6 cm³/mol. The molecule has 1 amide bonds. The van der Waals surface area contributed by atoms with Gasteiger partial charge in [0.05, 0.1) is 11.1 Å². The largest absolute Gasteiger partial charge is 0.449 e. The minimum atomic E-state index is -0.522. The first-order valence-corrected chi connectivity index (χ1v) is 5.43. The lowest BCUT2D eigenvalue weighted by atomic mass is 10.4. The average molecular weight is 274 g/mol. The van der Waals surface area contributed by atoms with Gasteiger partial charge in [-0.15, -0.1) is 0 Å². The molecule has 0 aliphatic heterocycles. The van der Waals surface area contributed by atoms with E-state index < -0.39 is 6.09 Å². The third kappa shape index (κ3) is 4.73. The zero-order valence-corrected chi connectivity index (χ0v) is 9.95. The zero-order chi connectivity index (χ0) is 11.1. The van der Waals surface area contributed by atoms with Crippen molar-refractivity contribution in [3.05, 3.63) is 16.9 Å². The number of carbonyl (C=O) groups excluding carboxylic acids is 1. The minimum absolute atomic E-state index is 0.236. The predicted octanol–water partition coefficient (Wildman–Crippen LogP) is 2.59. The molecular formula is C9H12BrN3O2. The zero-order valence-electron chi connectivity index (χ0n) is 8.36. The molecule has 15 heavy (non-hydrogen) atoms. The summed E-state index contributed by atoms with van der Waals surface area (Å²) in [5.74, 6) is 0.236. The molecule has 0 saturated carbocycles. The van der Waals surface area contributed by atoms with Gasteiger partial charge in [0.1, 0.15) is 0 Å². The van der Waals surface area contributed by atoms with Gasteiger partial charge in [0.15, 0.2) is 0 Å². The Balaban J connectivity index is 2.34. The third-order valence-electron chi connectivity index (χ3n) is 1.57. The molecule has 0 unspecified atom stereocenters. The summed E-state index contributed by atoms with van der Waals surface area (Å²) >= 11 is 3.19. The number of aromatic nitrogens is 2. The first-order valence-electron chi connectivity index (χ1n) is 4.63. The monoisotopic (exact) mass is 273 g/mol. The van der Waals surface area contributed by atoms with Crippen molar-refractivity contribution in [2.24, 2.45) is 0 Å². The molecule has 5 nitrogen and oxygen atoms in total. The maximum atomic E-state index is 11.1. The first-order chi connectivity index (χ1) is 7.22. The van der Waals surface area contributed by atoms with Crippen molar-refractivity contribution in [2.45, 2.75) is 19.8 Å².